The number of aromatic hydroxyl groups is 5. The van der Waals surface area contributed by atoms with Gasteiger partial charge in [-0.05, 0) is 48.4 Å². The van der Waals surface area contributed by atoms with Crippen LogP contribution in [0.2, 0.25) is 0 Å². The molecule has 0 aromatic heterocycles. The normalized spacial score (nSPS) is 23.3. The summed E-state index contributed by atoms with van der Waals surface area (Å²) in [5.74, 6) is -5.73. The van der Waals surface area contributed by atoms with Crippen molar-refractivity contribution in [3.05, 3.63) is 98.6 Å². The molecule has 3 aliphatic rings. The van der Waals surface area contributed by atoms with Crippen LogP contribution in [0.5, 0.6) is 46.0 Å². The minimum Gasteiger partial charge on any atom is -0.507 e. The molecule has 48 heavy (non-hydrogen) atoms. The van der Waals surface area contributed by atoms with Gasteiger partial charge in [-0.25, -0.2) is 0 Å². The van der Waals surface area contributed by atoms with Crippen LogP contribution in [0.25, 0.3) is 0 Å². The van der Waals surface area contributed by atoms with Crippen LogP contribution in [0, 0.1) is 16.0 Å². The van der Waals surface area contributed by atoms with E-state index in [1.54, 1.807) is 0 Å². The molecule has 3 heterocycles. The number of phenols is 5. The molecule has 3 aliphatic heterocycles. The number of rotatable bonds is 6. The first-order valence-corrected chi connectivity index (χ1v) is 14.9. The van der Waals surface area contributed by atoms with E-state index in [1.165, 1.54) is 67.8 Å². The third kappa shape index (κ3) is 4.71. The minimum absolute atomic E-state index is 0.0358. The highest BCUT2D eigenvalue weighted by molar-refractivity contribution is 5.70. The SMILES string of the molecule is COC(=O)CCC1C2c3cc([N+](=O)[O-])ccc3OC1(c1ccc(O)c(O)c1)Oc1cc(O)c3c(c12)O[C@H](c1ccc(O)c(O)c1)[C@@H](O)C3. The number of phenolic OH excluding ortho intramolecular Hbond substituents is 5. The molecule has 5 atom stereocenters. The maximum absolute atomic E-state index is 12.5. The zero-order chi connectivity index (χ0) is 34.1. The maximum Gasteiger partial charge on any atom is 0.305 e. The number of non-ortho nitro benzene ring substituents is 1. The summed E-state index contributed by atoms with van der Waals surface area (Å²) in [6.07, 6.45) is -2.49. The number of esters is 1. The van der Waals surface area contributed by atoms with Gasteiger partial charge in [0.15, 0.2) is 23.0 Å². The second-order valence-electron chi connectivity index (χ2n) is 11.9. The number of carbonyl (C=O) groups excluding carboxylic acids is 1. The van der Waals surface area contributed by atoms with Gasteiger partial charge in [0.05, 0.1) is 24.1 Å². The largest absolute Gasteiger partial charge is 0.507 e. The third-order valence-electron chi connectivity index (χ3n) is 9.23. The molecule has 6 N–H and O–H groups in total. The topological polar surface area (TPSA) is 219 Å². The summed E-state index contributed by atoms with van der Waals surface area (Å²) in [6.45, 7) is 0. The number of aliphatic hydroxyl groups is 1. The van der Waals surface area contributed by atoms with Gasteiger partial charge in [0.25, 0.3) is 11.5 Å². The summed E-state index contributed by atoms with van der Waals surface area (Å²) < 4.78 is 24.6. The van der Waals surface area contributed by atoms with E-state index in [4.69, 9.17) is 18.9 Å². The zero-order valence-electron chi connectivity index (χ0n) is 25.2. The van der Waals surface area contributed by atoms with Crippen molar-refractivity contribution in [2.75, 3.05) is 7.11 Å². The summed E-state index contributed by atoms with van der Waals surface area (Å²) in [5.41, 5.74) is 1.23. The molecule has 4 aromatic rings. The molecule has 0 fully saturated rings. The second-order valence-corrected chi connectivity index (χ2v) is 11.9. The van der Waals surface area contributed by atoms with Crippen LogP contribution in [0.3, 0.4) is 0 Å². The smallest absolute Gasteiger partial charge is 0.305 e. The number of nitro groups is 1. The average Bonchev–Trinajstić information content (AvgIpc) is 3.05. The fraction of sp³-hybridized carbons (Fsp3) is 0.265. The molecule has 0 saturated carbocycles. The lowest BCUT2D eigenvalue weighted by Gasteiger charge is -2.52. The molecule has 0 spiro atoms. The predicted octanol–water partition coefficient (Wildman–Crippen LogP) is 4.50. The van der Waals surface area contributed by atoms with Crippen molar-refractivity contribution >= 4 is 11.7 Å². The van der Waals surface area contributed by atoms with Gasteiger partial charge in [0, 0.05) is 59.2 Å². The number of carbonyl (C=O) groups is 1. The van der Waals surface area contributed by atoms with Gasteiger partial charge in [-0.2, -0.15) is 0 Å². The highest BCUT2D eigenvalue weighted by Crippen LogP contribution is 2.64. The number of aliphatic hydroxyl groups excluding tert-OH is 1. The summed E-state index contributed by atoms with van der Waals surface area (Å²) in [4.78, 5) is 23.9. The van der Waals surface area contributed by atoms with Crippen molar-refractivity contribution in [3.63, 3.8) is 0 Å². The number of hydrogen-bond acceptors (Lipinski definition) is 13. The first kappa shape index (κ1) is 30.7. The lowest BCUT2D eigenvalue weighted by molar-refractivity contribution is -0.385. The summed E-state index contributed by atoms with van der Waals surface area (Å²) in [5, 5.41) is 75.1. The number of fused-ring (bicyclic) bond motifs is 8. The molecule has 14 heteroatoms. The van der Waals surface area contributed by atoms with E-state index in [2.05, 4.69) is 0 Å². The van der Waals surface area contributed by atoms with Crippen molar-refractivity contribution < 1.29 is 59.3 Å². The Balaban J connectivity index is 1.50. The maximum atomic E-state index is 12.5. The van der Waals surface area contributed by atoms with Gasteiger partial charge in [0.2, 0.25) is 0 Å². The Morgan fingerprint density at radius 1 is 0.917 bits per heavy atom. The molecule has 0 radical (unpaired) electrons. The monoisotopic (exact) mass is 659 g/mol. The molecular weight excluding hydrogens is 630 g/mol. The third-order valence-corrected chi connectivity index (χ3v) is 9.23. The first-order valence-electron chi connectivity index (χ1n) is 14.9. The van der Waals surface area contributed by atoms with E-state index >= 15 is 0 Å². The molecule has 2 bridgehead atoms. The summed E-state index contributed by atoms with van der Waals surface area (Å²) in [6, 6.07) is 13.3. The summed E-state index contributed by atoms with van der Waals surface area (Å²) in [7, 11) is 1.23. The Bertz CT molecular complexity index is 1990. The van der Waals surface area contributed by atoms with E-state index in [0.717, 1.165) is 0 Å². The van der Waals surface area contributed by atoms with Crippen LogP contribution >= 0.6 is 0 Å². The van der Waals surface area contributed by atoms with E-state index in [1.807, 2.05) is 0 Å². The highest BCUT2D eigenvalue weighted by atomic mass is 16.7. The molecule has 0 aliphatic carbocycles. The molecule has 7 rings (SSSR count). The summed E-state index contributed by atoms with van der Waals surface area (Å²) >= 11 is 0. The Morgan fingerprint density at radius 3 is 2.31 bits per heavy atom. The van der Waals surface area contributed by atoms with Crippen LogP contribution < -0.4 is 14.2 Å². The van der Waals surface area contributed by atoms with E-state index in [-0.39, 0.29) is 64.8 Å². The van der Waals surface area contributed by atoms with Crippen LogP contribution in [-0.4, -0.2) is 54.7 Å². The minimum atomic E-state index is -1.81. The number of nitro benzene ring substituents is 1. The molecule has 248 valence electrons. The van der Waals surface area contributed by atoms with Gasteiger partial charge in [-0.3, -0.25) is 14.9 Å². The van der Waals surface area contributed by atoms with Gasteiger partial charge in [-0.15, -0.1) is 0 Å². The number of nitrogens with zero attached hydrogens (tertiary/aromatic N) is 1. The Kier molecular flexibility index (Phi) is 7.13. The lowest BCUT2D eigenvalue weighted by Crippen LogP contribution is -2.54. The van der Waals surface area contributed by atoms with E-state index < -0.39 is 58.0 Å². The molecule has 0 amide bonds. The second kappa shape index (κ2) is 11.1. The van der Waals surface area contributed by atoms with E-state index in [9.17, 15) is 45.5 Å². The quantitative estimate of drug-likeness (QED) is 0.0728. The van der Waals surface area contributed by atoms with Crippen molar-refractivity contribution in [1.82, 2.24) is 0 Å². The number of benzene rings is 4. The van der Waals surface area contributed by atoms with Gasteiger partial charge in [0.1, 0.15) is 29.1 Å². The Hall–Kier alpha value is -5.89. The van der Waals surface area contributed by atoms with Gasteiger partial charge < -0.3 is 49.6 Å². The Morgan fingerprint density at radius 2 is 1.62 bits per heavy atom. The highest BCUT2D eigenvalue weighted by Gasteiger charge is 2.59. The molecule has 0 saturated heterocycles. The van der Waals surface area contributed by atoms with Crippen LogP contribution in [0.15, 0.2) is 60.7 Å². The molecular formula is C34H29NO13. The van der Waals surface area contributed by atoms with Crippen LogP contribution in [0.1, 0.15) is 52.7 Å². The number of hydrogen-bond donors (Lipinski definition) is 6. The fourth-order valence-electron chi connectivity index (χ4n) is 7.00. The van der Waals surface area contributed by atoms with Crippen molar-refractivity contribution in [3.8, 4) is 46.0 Å². The van der Waals surface area contributed by atoms with Crippen LogP contribution in [0.4, 0.5) is 5.69 Å². The van der Waals surface area contributed by atoms with Crippen molar-refractivity contribution in [1.29, 1.82) is 0 Å². The number of methoxy groups -OCH3 is 1. The Labute approximate surface area is 271 Å². The fourth-order valence-corrected chi connectivity index (χ4v) is 7.00. The molecule has 3 unspecified atom stereocenters. The van der Waals surface area contributed by atoms with E-state index in [0.29, 0.717) is 16.7 Å². The standard InChI is InChI=1S/C34H29NO13/c1-45-29(42)9-5-20-30-19-12-17(35(43)44)4-8-27(19)47-34(20,16-3-7-22(37)25(40)11-16)48-28-14-23(38)18-13-26(41)32(46-33(18)31(28)30)15-2-6-21(36)24(39)10-15/h2-4,6-8,10-12,14,20,26,30,32,36-41H,5,9,13H2,1H3/t20?,26-,30?,32+,34?/m0/s1. The van der Waals surface area contributed by atoms with Gasteiger partial charge >= 0.3 is 5.97 Å². The predicted molar refractivity (Wildman–Crippen MR) is 163 cm³/mol. The van der Waals surface area contributed by atoms with Crippen molar-refractivity contribution in [2.45, 2.75) is 43.2 Å². The first-order chi connectivity index (χ1) is 22.9. The molecule has 4 aromatic carbocycles. The van der Waals surface area contributed by atoms with Gasteiger partial charge in [-0.1, -0.05) is 6.07 Å². The zero-order valence-corrected chi connectivity index (χ0v) is 25.2. The van der Waals surface area contributed by atoms with Crippen LogP contribution in [-0.2, 0) is 21.7 Å². The lowest BCUT2D eigenvalue weighted by atomic mass is 9.67. The average molecular weight is 660 g/mol. The molecule has 14 nitrogen and oxygen atoms in total. The van der Waals surface area contributed by atoms with Crippen molar-refractivity contribution in [2.24, 2.45) is 5.92 Å². The number of ether oxygens (including phenoxy) is 4.